The summed E-state index contributed by atoms with van der Waals surface area (Å²) >= 11 is 11.6. The number of anilines is 3. The average molecular weight is 1270 g/mol. The minimum atomic E-state index is -4.19. The van der Waals surface area contributed by atoms with Crippen molar-refractivity contribution in [3.05, 3.63) is 210 Å². The summed E-state index contributed by atoms with van der Waals surface area (Å²) in [6.45, 7) is 5.22. The van der Waals surface area contributed by atoms with Gasteiger partial charge in [0.15, 0.2) is 0 Å². The zero-order valence-corrected chi connectivity index (χ0v) is 50.4. The van der Waals surface area contributed by atoms with Gasteiger partial charge in [-0.25, -0.2) is 16.8 Å². The van der Waals surface area contributed by atoms with Crippen molar-refractivity contribution in [1.29, 1.82) is 0 Å². The largest absolute Gasteiger partial charge is 0.481 e. The van der Waals surface area contributed by atoms with Gasteiger partial charge in [0.05, 0.1) is 31.7 Å². The number of para-hydroxylation sites is 3. The van der Waals surface area contributed by atoms with Gasteiger partial charge in [0.1, 0.15) is 29.6 Å². The molecule has 454 valence electrons. The highest BCUT2D eigenvalue weighted by molar-refractivity contribution is 7.89. The third-order valence-electron chi connectivity index (χ3n) is 14.6. The second kappa shape index (κ2) is 26.5. The van der Waals surface area contributed by atoms with Crippen LogP contribution >= 0.6 is 23.2 Å². The maximum atomic E-state index is 13.3. The van der Waals surface area contributed by atoms with Crippen LogP contribution in [0.15, 0.2) is 204 Å². The molecule has 0 aliphatic carbocycles. The van der Waals surface area contributed by atoms with Crippen LogP contribution in [-0.4, -0.2) is 112 Å². The molecule has 0 aromatic heterocycles. The molecule has 6 atom stereocenters. The molecule has 11 rings (SSSR count). The summed E-state index contributed by atoms with van der Waals surface area (Å²) in [5, 5.41) is 25.6. The van der Waals surface area contributed by atoms with E-state index >= 15 is 0 Å². The van der Waals surface area contributed by atoms with E-state index in [4.69, 9.17) is 27.9 Å². The Morgan fingerprint density at radius 2 is 0.841 bits per heavy atom. The number of nitrogens with zero attached hydrogens (tertiary/aromatic N) is 3. The van der Waals surface area contributed by atoms with Crippen molar-refractivity contribution in [2.75, 3.05) is 34.3 Å². The van der Waals surface area contributed by atoms with Gasteiger partial charge in [0.2, 0.25) is 31.9 Å². The van der Waals surface area contributed by atoms with Crippen LogP contribution in [0.3, 0.4) is 0 Å². The van der Waals surface area contributed by atoms with Gasteiger partial charge >= 0.3 is 17.9 Å². The predicted molar refractivity (Wildman–Crippen MR) is 332 cm³/mol. The van der Waals surface area contributed by atoms with Crippen LogP contribution in [0.1, 0.15) is 31.1 Å². The van der Waals surface area contributed by atoms with Gasteiger partial charge in [-0.05, 0) is 121 Å². The first kappa shape index (κ1) is 63.5. The molecule has 20 nitrogen and oxygen atoms in total. The molecule has 0 saturated carbocycles. The monoisotopic (exact) mass is 1270 g/mol. The number of sulfonamides is 2. The number of nitrogens with one attached hydrogen (secondary N) is 3. The third kappa shape index (κ3) is 14.5. The summed E-state index contributed by atoms with van der Waals surface area (Å²) in [7, 11) is -8.29. The second-order valence-electron chi connectivity index (χ2n) is 21.7. The number of ether oxygens (including phenoxy) is 1. The molecule has 0 radical (unpaired) electrons. The molecule has 3 fully saturated rings. The molecular formula is C64H58Cl2N6O14S2. The molecule has 24 heteroatoms. The Hall–Kier alpha value is -9.03. The normalized spacial score (nSPS) is 19.4. The fourth-order valence-electron chi connectivity index (χ4n) is 10.2. The first-order valence-electron chi connectivity index (χ1n) is 27.4. The first-order valence-corrected chi connectivity index (χ1v) is 31.1. The molecule has 3 aliphatic rings. The summed E-state index contributed by atoms with van der Waals surface area (Å²) in [5.41, 5.74) is 1.42. The number of rotatable bonds is 14. The van der Waals surface area contributed by atoms with E-state index in [2.05, 4.69) is 14.8 Å². The number of carbonyl (C=O) groups is 7. The maximum absolute atomic E-state index is 13.3. The molecule has 0 unspecified atom stereocenters. The topological polar surface area (TPSA) is 283 Å². The van der Waals surface area contributed by atoms with E-state index in [1.807, 2.05) is 60.7 Å². The van der Waals surface area contributed by atoms with Crippen molar-refractivity contribution in [3.8, 4) is 0 Å². The number of benzene rings is 8. The lowest BCUT2D eigenvalue weighted by Crippen LogP contribution is -2.47. The van der Waals surface area contributed by atoms with Crippen LogP contribution in [-0.2, 0) is 53.6 Å². The molecular weight excluding hydrogens is 1210 g/mol. The van der Waals surface area contributed by atoms with E-state index in [0.717, 1.165) is 27.6 Å². The Morgan fingerprint density at radius 3 is 1.27 bits per heavy atom. The van der Waals surface area contributed by atoms with Crippen LogP contribution in [0.25, 0.3) is 21.5 Å². The fraction of sp³-hybridized carbons (Fsp3) is 0.203. The number of esters is 1. The van der Waals surface area contributed by atoms with E-state index in [9.17, 15) is 60.6 Å². The highest BCUT2D eigenvalue weighted by atomic mass is 35.5. The highest BCUT2D eigenvalue weighted by Gasteiger charge is 2.50. The van der Waals surface area contributed by atoms with E-state index < -0.39 is 97.2 Å². The van der Waals surface area contributed by atoms with E-state index in [1.54, 1.807) is 124 Å². The molecule has 88 heavy (non-hydrogen) atoms. The van der Waals surface area contributed by atoms with Crippen molar-refractivity contribution in [2.45, 2.75) is 54.3 Å². The van der Waals surface area contributed by atoms with Crippen molar-refractivity contribution in [2.24, 2.45) is 17.8 Å². The van der Waals surface area contributed by atoms with Crippen molar-refractivity contribution < 1.29 is 65.3 Å². The van der Waals surface area contributed by atoms with E-state index in [1.165, 1.54) is 39.0 Å². The molecule has 0 spiro atoms. The van der Waals surface area contributed by atoms with Gasteiger partial charge in [-0.3, -0.25) is 33.6 Å². The van der Waals surface area contributed by atoms with Crippen LogP contribution < -0.4 is 29.5 Å². The highest BCUT2D eigenvalue weighted by Crippen LogP contribution is 2.32. The number of carbonyl (C=O) groups excluding carboxylic acids is 5. The summed E-state index contributed by atoms with van der Waals surface area (Å²) < 4.78 is 61.2. The predicted octanol–water partition coefficient (Wildman–Crippen LogP) is 8.57. The number of aliphatic carboxylic acids is 2. The Labute approximate surface area is 516 Å². The SMILES string of the molecule is CC(C)(C)OC(=O)[C@@H]1CN(c2ccccc2)C(=O)[C@@H]1NC(=O)c1ccc2ccccc2c1.O=C(O)[C@@H]1CN(c2ccccc2)C(=O)[C@@H]1NS(=O)(=O)c1ccc(Cl)c(Cl)c1.O=C(O)[C@@H]1CN(c2ccccc2)C(=O)[C@@H]1NS(=O)(=O)c1ccc2ccccc2c1. The third-order valence-corrected chi connectivity index (χ3v) is 18.2. The van der Waals surface area contributed by atoms with Crippen LogP contribution in [0.5, 0.6) is 0 Å². The summed E-state index contributed by atoms with van der Waals surface area (Å²) in [5.74, 6) is -8.23. The number of fused-ring (bicyclic) bond motifs is 2. The average Bonchev–Trinajstić information content (AvgIpc) is 2.03. The minimum absolute atomic E-state index is 0.0219. The van der Waals surface area contributed by atoms with E-state index in [0.29, 0.717) is 22.6 Å². The quantitative estimate of drug-likeness (QED) is 0.0638. The summed E-state index contributed by atoms with van der Waals surface area (Å²) in [6, 6.07) is 51.0. The lowest BCUT2D eigenvalue weighted by molar-refractivity contribution is -0.160. The summed E-state index contributed by atoms with van der Waals surface area (Å²) in [6.07, 6.45) is 0. The van der Waals surface area contributed by atoms with Crippen LogP contribution in [0.4, 0.5) is 17.1 Å². The lowest BCUT2D eigenvalue weighted by Gasteiger charge is -2.24. The Morgan fingerprint density at radius 1 is 0.466 bits per heavy atom. The molecule has 3 saturated heterocycles. The molecule has 5 N–H and O–H groups in total. The van der Waals surface area contributed by atoms with Crippen molar-refractivity contribution in [1.82, 2.24) is 14.8 Å². The zero-order chi connectivity index (χ0) is 63.2. The lowest BCUT2D eigenvalue weighted by atomic mass is 10.0. The standard InChI is InChI=1S/C26H26N2O4.C21H18N2O5S.C17H14Cl2N2O5S/c1-26(2,3)32-25(31)21-16-28(20-11-5-4-6-12-20)24(30)22(21)27-23(29)19-14-13-17-9-7-8-10-18(17)15-19;24-20-19(18(21(25)26)13-23(20)16-8-2-1-3-9-16)22-29(27,28)17-11-10-14-6-4-5-7-15(14)12-17;18-13-7-6-11(8-14(13)19)27(25,26)20-15-12(17(23)24)9-21(16(15)22)10-4-2-1-3-5-10/h4-15,21-22H,16H2,1-3H3,(H,27,29);1-12,18-19,22H,13H2,(H,25,26);1-8,12,15,20H,9H2,(H,23,24)/t21-,22-;18-,19-;12-,15-/m111/s1. The van der Waals surface area contributed by atoms with Gasteiger partial charge in [0, 0.05) is 42.3 Å². The number of halogens is 2. The van der Waals surface area contributed by atoms with Gasteiger partial charge in [-0.15, -0.1) is 0 Å². The number of carboxylic acids is 2. The Bertz CT molecular complexity index is 4220. The van der Waals surface area contributed by atoms with Gasteiger partial charge in [-0.1, -0.05) is 138 Å². The number of carboxylic acid groups (broad SMARTS) is 2. The number of amides is 4. The summed E-state index contributed by atoms with van der Waals surface area (Å²) in [4.78, 5) is 92.0. The Balaban J connectivity index is 0.000000158. The molecule has 8 aromatic carbocycles. The van der Waals surface area contributed by atoms with Gasteiger partial charge in [0.25, 0.3) is 11.8 Å². The minimum Gasteiger partial charge on any atom is -0.481 e. The van der Waals surface area contributed by atoms with Gasteiger partial charge in [-0.2, -0.15) is 9.44 Å². The maximum Gasteiger partial charge on any atom is 0.313 e. The molecule has 3 aliphatic heterocycles. The molecule has 3 heterocycles. The van der Waals surface area contributed by atoms with Crippen molar-refractivity contribution >= 4 is 123 Å². The van der Waals surface area contributed by atoms with Crippen LogP contribution in [0, 0.1) is 17.8 Å². The Kier molecular flexibility index (Phi) is 19.1. The van der Waals surface area contributed by atoms with Crippen LogP contribution in [0.2, 0.25) is 10.0 Å². The number of hydrogen-bond acceptors (Lipinski definition) is 12. The molecule has 0 bridgehead atoms. The number of hydrogen-bond donors (Lipinski definition) is 5. The second-order valence-corrected chi connectivity index (χ2v) is 25.9. The van der Waals surface area contributed by atoms with Gasteiger partial charge < -0.3 is 35.0 Å². The fourth-order valence-corrected chi connectivity index (χ4v) is 13.1. The van der Waals surface area contributed by atoms with Crippen molar-refractivity contribution in [3.63, 3.8) is 0 Å². The first-order chi connectivity index (χ1) is 41.8. The molecule has 4 amide bonds. The molecule has 8 aromatic rings. The smallest absolute Gasteiger partial charge is 0.313 e. The van der Waals surface area contributed by atoms with E-state index in [-0.39, 0.29) is 45.4 Å². The zero-order valence-electron chi connectivity index (χ0n) is 47.3.